The number of nitrogens with zero attached hydrogens (tertiary/aromatic N) is 2. The standard InChI is InChI=1S/C9H4Cl2N2O2/c10-9(11)7-2-1-6(12-4-14)3-8(7)13-5-15/h1-3,9H. The topological polar surface area (TPSA) is 58.9 Å². The third-order valence-corrected chi connectivity index (χ3v) is 2.06. The minimum Gasteiger partial charge on any atom is -0.211 e. The van der Waals surface area contributed by atoms with Crippen molar-refractivity contribution in [2.24, 2.45) is 9.98 Å². The van der Waals surface area contributed by atoms with E-state index < -0.39 is 4.84 Å². The van der Waals surface area contributed by atoms with Crippen molar-refractivity contribution >= 4 is 46.7 Å². The second kappa shape index (κ2) is 5.44. The SMILES string of the molecule is O=C=Nc1ccc(C(Cl)Cl)c(N=C=O)c1. The largest absolute Gasteiger partial charge is 0.240 e. The molecule has 0 bridgehead atoms. The highest BCUT2D eigenvalue weighted by Crippen LogP contribution is 2.35. The summed E-state index contributed by atoms with van der Waals surface area (Å²) in [7, 11) is 0. The highest BCUT2D eigenvalue weighted by atomic mass is 35.5. The number of carbonyl (C=O) groups excluding carboxylic acids is 2. The molecule has 1 aromatic carbocycles. The summed E-state index contributed by atoms with van der Waals surface area (Å²) in [6.45, 7) is 0. The number of aliphatic imine (C=N–C) groups is 2. The molecule has 0 spiro atoms. The summed E-state index contributed by atoms with van der Waals surface area (Å²) in [4.78, 5) is 26.1. The zero-order chi connectivity index (χ0) is 11.3. The van der Waals surface area contributed by atoms with E-state index in [2.05, 4.69) is 9.98 Å². The molecule has 76 valence electrons. The second-order valence-corrected chi connectivity index (χ2v) is 3.55. The maximum absolute atomic E-state index is 10.1. The summed E-state index contributed by atoms with van der Waals surface area (Å²) in [5, 5.41) is 0. The van der Waals surface area contributed by atoms with Crippen LogP contribution in [0.5, 0.6) is 0 Å². The number of benzene rings is 1. The van der Waals surface area contributed by atoms with Crippen molar-refractivity contribution in [2.75, 3.05) is 0 Å². The fourth-order valence-corrected chi connectivity index (χ4v) is 1.35. The Morgan fingerprint density at radius 2 is 1.80 bits per heavy atom. The molecule has 1 aromatic rings. The van der Waals surface area contributed by atoms with Crippen molar-refractivity contribution in [2.45, 2.75) is 4.84 Å². The number of hydrogen-bond donors (Lipinski definition) is 0. The van der Waals surface area contributed by atoms with Crippen molar-refractivity contribution < 1.29 is 9.59 Å². The molecule has 0 aliphatic rings. The summed E-state index contributed by atoms with van der Waals surface area (Å²) < 4.78 is 0. The van der Waals surface area contributed by atoms with Crippen molar-refractivity contribution in [3.63, 3.8) is 0 Å². The Balaban J connectivity index is 3.32. The predicted octanol–water partition coefficient (Wildman–Crippen LogP) is 3.10. The van der Waals surface area contributed by atoms with Gasteiger partial charge in [-0.1, -0.05) is 29.3 Å². The lowest BCUT2D eigenvalue weighted by atomic mass is 10.2. The van der Waals surface area contributed by atoms with Gasteiger partial charge in [0.05, 0.1) is 11.4 Å². The van der Waals surface area contributed by atoms with Gasteiger partial charge in [-0.05, 0) is 12.1 Å². The van der Waals surface area contributed by atoms with Crippen LogP contribution in [0.4, 0.5) is 11.4 Å². The van der Waals surface area contributed by atoms with Crippen LogP contribution < -0.4 is 0 Å². The maximum atomic E-state index is 10.1. The average Bonchev–Trinajstić information content (AvgIpc) is 2.18. The Hall–Kier alpha value is -1.44. The first-order valence-corrected chi connectivity index (χ1v) is 4.64. The number of isocyanates is 2. The molecule has 0 saturated heterocycles. The predicted molar refractivity (Wildman–Crippen MR) is 56.5 cm³/mol. The van der Waals surface area contributed by atoms with E-state index in [4.69, 9.17) is 23.2 Å². The molecule has 0 aliphatic carbocycles. The fourth-order valence-electron chi connectivity index (χ4n) is 0.985. The molecule has 0 aromatic heterocycles. The van der Waals surface area contributed by atoms with E-state index in [1.807, 2.05) is 0 Å². The number of halogens is 2. The summed E-state index contributed by atoms with van der Waals surface area (Å²) in [6.07, 6.45) is 2.74. The first-order valence-electron chi connectivity index (χ1n) is 3.77. The molecule has 0 atom stereocenters. The van der Waals surface area contributed by atoms with E-state index in [0.29, 0.717) is 11.3 Å². The van der Waals surface area contributed by atoms with Gasteiger partial charge in [0.15, 0.2) is 0 Å². The molecular weight excluding hydrogens is 239 g/mol. The van der Waals surface area contributed by atoms with Crippen molar-refractivity contribution in [1.29, 1.82) is 0 Å². The van der Waals surface area contributed by atoms with Gasteiger partial charge in [-0.15, -0.1) is 0 Å². The molecule has 0 radical (unpaired) electrons. The Kier molecular flexibility index (Phi) is 4.22. The molecule has 0 saturated carbocycles. The van der Waals surface area contributed by atoms with E-state index in [-0.39, 0.29) is 5.69 Å². The first-order chi connectivity index (χ1) is 7.19. The molecule has 0 aliphatic heterocycles. The van der Waals surface area contributed by atoms with Crippen LogP contribution in [0.3, 0.4) is 0 Å². The summed E-state index contributed by atoms with van der Waals surface area (Å²) in [5.41, 5.74) is 1.000. The molecule has 15 heavy (non-hydrogen) atoms. The molecule has 1 rings (SSSR count). The van der Waals surface area contributed by atoms with Gasteiger partial charge in [0.1, 0.15) is 4.84 Å². The van der Waals surface area contributed by atoms with Gasteiger partial charge in [-0.2, -0.15) is 9.98 Å². The van der Waals surface area contributed by atoms with Gasteiger partial charge in [0.25, 0.3) is 0 Å². The Labute approximate surface area is 95.2 Å². The van der Waals surface area contributed by atoms with Crippen LogP contribution >= 0.6 is 23.2 Å². The molecule has 0 fully saturated rings. The first kappa shape index (κ1) is 11.6. The van der Waals surface area contributed by atoms with E-state index in [1.165, 1.54) is 30.4 Å². The van der Waals surface area contributed by atoms with Gasteiger partial charge in [-0.3, -0.25) is 0 Å². The summed E-state index contributed by atoms with van der Waals surface area (Å²) in [5.74, 6) is 0. The van der Waals surface area contributed by atoms with Crippen LogP contribution in [0, 0.1) is 0 Å². The van der Waals surface area contributed by atoms with Gasteiger partial charge in [0, 0.05) is 5.56 Å². The second-order valence-electron chi connectivity index (χ2n) is 2.45. The van der Waals surface area contributed by atoms with Crippen LogP contribution in [0.2, 0.25) is 0 Å². The van der Waals surface area contributed by atoms with Crippen LogP contribution in [-0.2, 0) is 9.59 Å². The molecule has 0 heterocycles. The van der Waals surface area contributed by atoms with E-state index >= 15 is 0 Å². The molecule has 0 N–H and O–H groups in total. The third kappa shape index (κ3) is 3.01. The lowest BCUT2D eigenvalue weighted by Crippen LogP contribution is -1.82. The molecule has 4 nitrogen and oxygen atoms in total. The molecule has 0 amide bonds. The minimum atomic E-state index is -0.814. The minimum absolute atomic E-state index is 0.233. The van der Waals surface area contributed by atoms with Crippen LogP contribution in [0.25, 0.3) is 0 Å². The Morgan fingerprint density at radius 1 is 1.13 bits per heavy atom. The average molecular weight is 243 g/mol. The highest BCUT2D eigenvalue weighted by molar-refractivity contribution is 6.44. The lowest BCUT2D eigenvalue weighted by molar-refractivity contribution is 0.565. The normalized spacial score (nSPS) is 9.27. The van der Waals surface area contributed by atoms with Crippen molar-refractivity contribution in [3.8, 4) is 0 Å². The Bertz CT molecular complexity index is 461. The van der Waals surface area contributed by atoms with Crippen LogP contribution in [0.15, 0.2) is 28.2 Å². The van der Waals surface area contributed by atoms with E-state index in [9.17, 15) is 9.59 Å². The molecule has 0 unspecified atom stereocenters. The van der Waals surface area contributed by atoms with Crippen molar-refractivity contribution in [1.82, 2.24) is 0 Å². The van der Waals surface area contributed by atoms with E-state index in [0.717, 1.165) is 0 Å². The monoisotopic (exact) mass is 242 g/mol. The lowest BCUT2D eigenvalue weighted by Gasteiger charge is -2.04. The van der Waals surface area contributed by atoms with Crippen LogP contribution in [-0.4, -0.2) is 12.2 Å². The zero-order valence-corrected chi connectivity index (χ0v) is 8.79. The van der Waals surface area contributed by atoms with E-state index in [1.54, 1.807) is 0 Å². The zero-order valence-electron chi connectivity index (χ0n) is 7.28. The van der Waals surface area contributed by atoms with Gasteiger partial charge < -0.3 is 0 Å². The maximum Gasteiger partial charge on any atom is 0.240 e. The third-order valence-electron chi connectivity index (χ3n) is 1.59. The highest BCUT2D eigenvalue weighted by Gasteiger charge is 2.10. The van der Waals surface area contributed by atoms with Crippen LogP contribution in [0.1, 0.15) is 10.4 Å². The van der Waals surface area contributed by atoms with Gasteiger partial charge >= 0.3 is 0 Å². The summed E-state index contributed by atoms with van der Waals surface area (Å²) >= 11 is 11.3. The summed E-state index contributed by atoms with van der Waals surface area (Å²) in [6, 6.07) is 4.43. The number of hydrogen-bond acceptors (Lipinski definition) is 4. The van der Waals surface area contributed by atoms with Gasteiger partial charge in [-0.25, -0.2) is 9.59 Å². The van der Waals surface area contributed by atoms with Crippen molar-refractivity contribution in [3.05, 3.63) is 23.8 Å². The Morgan fingerprint density at radius 3 is 2.33 bits per heavy atom. The number of alkyl halides is 2. The molecule has 6 heteroatoms. The quantitative estimate of drug-likeness (QED) is 0.465. The molecular formula is C9H4Cl2N2O2. The number of rotatable bonds is 3. The fraction of sp³-hybridized carbons (Fsp3) is 0.111. The van der Waals surface area contributed by atoms with Gasteiger partial charge in [0.2, 0.25) is 12.2 Å². The smallest absolute Gasteiger partial charge is 0.211 e.